The highest BCUT2D eigenvalue weighted by atomic mass is 35.5. The number of ether oxygens (including phenoxy) is 1. The summed E-state index contributed by atoms with van der Waals surface area (Å²) in [7, 11) is 0. The molecule has 3 heterocycles. The van der Waals surface area contributed by atoms with E-state index in [0.717, 1.165) is 0 Å². The van der Waals surface area contributed by atoms with Crippen molar-refractivity contribution in [1.29, 1.82) is 0 Å². The Morgan fingerprint density at radius 3 is 2.88 bits per heavy atom. The summed E-state index contributed by atoms with van der Waals surface area (Å²) in [4.78, 5) is 29.1. The molecule has 1 aromatic rings. The minimum atomic E-state index is -0.679. The topological polar surface area (TPSA) is 49.9 Å². The Balaban J connectivity index is 1.55. The van der Waals surface area contributed by atoms with Crippen molar-refractivity contribution >= 4 is 23.4 Å². The number of amides is 2. The van der Waals surface area contributed by atoms with Crippen LogP contribution in [0.25, 0.3) is 0 Å². The average molecular weight is 381 g/mol. The monoisotopic (exact) mass is 380 g/mol. The van der Waals surface area contributed by atoms with Crippen LogP contribution in [0.5, 0.6) is 0 Å². The van der Waals surface area contributed by atoms with Crippen molar-refractivity contribution in [3.63, 3.8) is 0 Å². The van der Waals surface area contributed by atoms with Gasteiger partial charge in [0.2, 0.25) is 11.8 Å². The van der Waals surface area contributed by atoms with Gasteiger partial charge in [0.15, 0.2) is 5.72 Å². The molecule has 2 amide bonds. The molecule has 0 bridgehead atoms. The molecule has 0 unspecified atom stereocenters. The van der Waals surface area contributed by atoms with Gasteiger partial charge in [-0.15, -0.1) is 0 Å². The molecule has 3 aliphatic heterocycles. The number of hydrogen-bond donors (Lipinski definition) is 0. The first kappa shape index (κ1) is 17.7. The van der Waals surface area contributed by atoms with E-state index in [1.807, 2.05) is 4.90 Å². The largest absolute Gasteiger partial charge is 0.351 e. The molecule has 0 saturated carbocycles. The molecule has 4 rings (SSSR count). The van der Waals surface area contributed by atoms with Crippen LogP contribution in [0.3, 0.4) is 0 Å². The van der Waals surface area contributed by atoms with Gasteiger partial charge < -0.3 is 14.5 Å². The maximum Gasteiger partial charge on any atom is 0.227 e. The van der Waals surface area contributed by atoms with Crippen LogP contribution >= 0.6 is 11.6 Å². The zero-order chi connectivity index (χ0) is 18.6. The van der Waals surface area contributed by atoms with Gasteiger partial charge in [0.05, 0.1) is 31.5 Å². The van der Waals surface area contributed by atoms with Gasteiger partial charge >= 0.3 is 0 Å². The molecular formula is C19H22ClFN2O3. The fourth-order valence-corrected chi connectivity index (χ4v) is 4.90. The smallest absolute Gasteiger partial charge is 0.227 e. The lowest BCUT2D eigenvalue weighted by atomic mass is 10.0. The Morgan fingerprint density at radius 2 is 2.19 bits per heavy atom. The van der Waals surface area contributed by atoms with Crippen molar-refractivity contribution in [2.24, 2.45) is 5.92 Å². The molecule has 1 spiro atoms. The van der Waals surface area contributed by atoms with Crippen molar-refractivity contribution in [2.75, 3.05) is 13.2 Å². The number of hydrogen-bond acceptors (Lipinski definition) is 3. The molecule has 26 heavy (non-hydrogen) atoms. The van der Waals surface area contributed by atoms with Crippen molar-refractivity contribution in [3.05, 3.63) is 34.6 Å². The van der Waals surface area contributed by atoms with Crippen molar-refractivity contribution < 1.29 is 18.7 Å². The van der Waals surface area contributed by atoms with Crippen LogP contribution in [0, 0.1) is 11.7 Å². The van der Waals surface area contributed by atoms with Crippen LogP contribution in [0.2, 0.25) is 5.02 Å². The van der Waals surface area contributed by atoms with Gasteiger partial charge in [-0.25, -0.2) is 4.39 Å². The van der Waals surface area contributed by atoms with Crippen LogP contribution in [0.4, 0.5) is 4.39 Å². The third-order valence-electron chi connectivity index (χ3n) is 5.86. The van der Waals surface area contributed by atoms with Crippen molar-refractivity contribution in [1.82, 2.24) is 9.80 Å². The van der Waals surface area contributed by atoms with Crippen LogP contribution in [0.15, 0.2) is 18.2 Å². The number of carbonyl (C=O) groups is 2. The predicted molar refractivity (Wildman–Crippen MR) is 94.0 cm³/mol. The molecule has 3 atom stereocenters. The number of halogens is 2. The SMILES string of the molecule is CC(C)[C@@H]1CO[C@@]23CCN(C(=O)Cc4cc(F)cc(Cl)c4)[C@@H]2CC(=O)N13. The highest BCUT2D eigenvalue weighted by Crippen LogP contribution is 2.48. The van der Waals surface area contributed by atoms with Gasteiger partial charge in [-0.05, 0) is 29.7 Å². The zero-order valence-electron chi connectivity index (χ0n) is 14.9. The molecule has 0 N–H and O–H groups in total. The van der Waals surface area contributed by atoms with Crippen molar-refractivity contribution in [2.45, 2.75) is 50.9 Å². The number of benzene rings is 1. The van der Waals surface area contributed by atoms with E-state index in [1.165, 1.54) is 12.1 Å². The molecule has 0 radical (unpaired) electrons. The molecule has 7 heteroatoms. The first-order valence-electron chi connectivity index (χ1n) is 9.02. The van der Waals surface area contributed by atoms with Gasteiger partial charge in [-0.3, -0.25) is 9.59 Å². The van der Waals surface area contributed by atoms with Crippen molar-refractivity contribution in [3.8, 4) is 0 Å². The molecule has 0 aliphatic carbocycles. The lowest BCUT2D eigenvalue weighted by Gasteiger charge is -2.34. The Hall–Kier alpha value is -1.66. The van der Waals surface area contributed by atoms with Gasteiger partial charge in [0.25, 0.3) is 0 Å². The first-order valence-corrected chi connectivity index (χ1v) is 9.40. The van der Waals surface area contributed by atoms with E-state index in [2.05, 4.69) is 13.8 Å². The summed E-state index contributed by atoms with van der Waals surface area (Å²) < 4.78 is 19.7. The summed E-state index contributed by atoms with van der Waals surface area (Å²) in [6, 6.07) is 3.93. The number of likely N-dealkylation sites (tertiary alicyclic amines) is 1. The molecule has 3 aliphatic rings. The third kappa shape index (κ3) is 2.62. The minimum absolute atomic E-state index is 0.0532. The van der Waals surface area contributed by atoms with Gasteiger partial charge in [-0.1, -0.05) is 25.4 Å². The van der Waals surface area contributed by atoms with Gasteiger partial charge in [-0.2, -0.15) is 0 Å². The fraction of sp³-hybridized carbons (Fsp3) is 0.579. The summed E-state index contributed by atoms with van der Waals surface area (Å²) in [5.74, 6) is -0.229. The molecule has 3 saturated heterocycles. The highest BCUT2D eigenvalue weighted by Gasteiger charge is 2.65. The first-order chi connectivity index (χ1) is 12.3. The van der Waals surface area contributed by atoms with Gasteiger partial charge in [0.1, 0.15) is 5.82 Å². The fourth-order valence-electron chi connectivity index (χ4n) is 4.66. The van der Waals surface area contributed by atoms with E-state index in [4.69, 9.17) is 16.3 Å². The molecule has 1 aromatic carbocycles. The predicted octanol–water partition coefficient (Wildman–Crippen LogP) is 2.61. The van der Waals surface area contributed by atoms with E-state index < -0.39 is 11.5 Å². The zero-order valence-corrected chi connectivity index (χ0v) is 15.6. The van der Waals surface area contributed by atoms with E-state index in [9.17, 15) is 14.0 Å². The Labute approximate surface area is 157 Å². The number of carbonyl (C=O) groups excluding carboxylic acids is 2. The summed E-state index contributed by atoms with van der Waals surface area (Å²) in [5.41, 5.74) is -0.143. The summed E-state index contributed by atoms with van der Waals surface area (Å²) in [6.45, 7) is 5.22. The molecule has 3 fully saturated rings. The molecule has 140 valence electrons. The van der Waals surface area contributed by atoms with Crippen LogP contribution in [-0.2, 0) is 20.7 Å². The standard InChI is InChI=1S/C19H22ClFN2O3/c1-11(2)15-10-26-19-3-4-22(16(19)9-18(25)23(15)19)17(24)7-12-5-13(20)8-14(21)6-12/h5-6,8,11,15-16H,3-4,7,9-10H2,1-2H3/t15-,16+,19-/m0/s1. The van der Waals surface area contributed by atoms with E-state index in [1.54, 1.807) is 11.0 Å². The van der Waals surface area contributed by atoms with Crippen LogP contribution < -0.4 is 0 Å². The lowest BCUT2D eigenvalue weighted by molar-refractivity contribution is -0.141. The van der Waals surface area contributed by atoms with Crippen LogP contribution in [-0.4, -0.2) is 52.6 Å². The third-order valence-corrected chi connectivity index (χ3v) is 6.07. The number of nitrogens with zero attached hydrogens (tertiary/aromatic N) is 2. The molecule has 5 nitrogen and oxygen atoms in total. The maximum absolute atomic E-state index is 13.5. The second kappa shape index (κ2) is 6.20. The van der Waals surface area contributed by atoms with Gasteiger partial charge in [0, 0.05) is 18.0 Å². The summed E-state index contributed by atoms with van der Waals surface area (Å²) in [5, 5.41) is 0.270. The van der Waals surface area contributed by atoms with E-state index >= 15 is 0 Å². The second-order valence-corrected chi connectivity index (χ2v) is 8.18. The van der Waals surface area contributed by atoms with E-state index in [-0.39, 0.29) is 35.3 Å². The summed E-state index contributed by atoms with van der Waals surface area (Å²) >= 11 is 5.88. The molecular weight excluding hydrogens is 359 g/mol. The maximum atomic E-state index is 13.5. The quantitative estimate of drug-likeness (QED) is 0.810. The number of rotatable bonds is 3. The van der Waals surface area contributed by atoms with E-state index in [0.29, 0.717) is 37.5 Å². The minimum Gasteiger partial charge on any atom is -0.351 e. The Morgan fingerprint density at radius 1 is 1.42 bits per heavy atom. The normalized spacial score (nSPS) is 30.3. The lowest BCUT2D eigenvalue weighted by Crippen LogP contribution is -2.51. The molecule has 0 aromatic heterocycles. The second-order valence-electron chi connectivity index (χ2n) is 7.74. The highest BCUT2D eigenvalue weighted by molar-refractivity contribution is 6.30. The Kier molecular flexibility index (Phi) is 4.23. The Bertz CT molecular complexity index is 751. The average Bonchev–Trinajstić information content (AvgIpc) is 3.15. The summed E-state index contributed by atoms with van der Waals surface area (Å²) in [6.07, 6.45) is 0.979. The van der Waals surface area contributed by atoms with Crippen LogP contribution in [0.1, 0.15) is 32.3 Å².